The molecule has 4 aromatic rings. The molecule has 0 aliphatic heterocycles. The van der Waals surface area contributed by atoms with Crippen molar-refractivity contribution in [2.75, 3.05) is 52.4 Å². The largest absolute Gasteiger partial charge is 0.243 e. The van der Waals surface area contributed by atoms with Crippen molar-refractivity contribution < 1.29 is 33.7 Å². The number of rotatable bonds is 27. The zero-order valence-electron chi connectivity index (χ0n) is 37.2. The molecular formula is C46H66N4O8S4. The molecule has 0 spiro atoms. The summed E-state index contributed by atoms with van der Waals surface area (Å²) in [7, 11) is -15.1. The molecule has 342 valence electrons. The number of aryl methyl sites for hydroxylation is 4. The van der Waals surface area contributed by atoms with Gasteiger partial charge < -0.3 is 0 Å². The average molecular weight is 931 g/mol. The summed E-state index contributed by atoms with van der Waals surface area (Å²) in [6.07, 6.45) is 4.32. The van der Waals surface area contributed by atoms with Crippen LogP contribution in [0.5, 0.6) is 0 Å². The maximum atomic E-state index is 13.9. The second kappa shape index (κ2) is 23.4. The summed E-state index contributed by atoms with van der Waals surface area (Å²) < 4.78 is 115. The third-order valence-electron chi connectivity index (χ3n) is 11.0. The Kier molecular flexibility index (Phi) is 19.3. The van der Waals surface area contributed by atoms with Gasteiger partial charge in [0.1, 0.15) is 0 Å². The second-order valence-electron chi connectivity index (χ2n) is 15.9. The Hall–Kier alpha value is -3.48. The van der Waals surface area contributed by atoms with Crippen molar-refractivity contribution in [1.82, 2.24) is 17.2 Å². The van der Waals surface area contributed by atoms with Crippen LogP contribution in [0.1, 0.15) is 87.5 Å². The molecule has 16 heteroatoms. The predicted molar refractivity (Wildman–Crippen MR) is 248 cm³/mol. The summed E-state index contributed by atoms with van der Waals surface area (Å²) in [6, 6.07) is 27.0. The third-order valence-corrected chi connectivity index (χ3v) is 18.8. The number of benzene rings is 4. The Morgan fingerprint density at radius 1 is 0.290 bits per heavy atom. The highest BCUT2D eigenvalue weighted by molar-refractivity contribution is 7.90. The van der Waals surface area contributed by atoms with Gasteiger partial charge in [0.2, 0.25) is 40.1 Å². The van der Waals surface area contributed by atoms with E-state index in [4.69, 9.17) is 0 Å². The zero-order chi connectivity index (χ0) is 45.6. The number of hydrogen-bond donors (Lipinski definition) is 0. The van der Waals surface area contributed by atoms with Crippen LogP contribution in [0.25, 0.3) is 0 Å². The SMILES string of the molecule is CCN(CCCCN(CCCCCCN(CCCCN(CC)S(=O)(=O)c1ccc(C)cc1)S(=O)(=O)c1ccc(C)cc1)S(=O)(=O)c1ccc(C)cc1)S(=O)(=O)c1ccc(C)cc1. The van der Waals surface area contributed by atoms with Gasteiger partial charge in [-0.1, -0.05) is 97.5 Å². The Morgan fingerprint density at radius 3 is 0.677 bits per heavy atom. The van der Waals surface area contributed by atoms with Gasteiger partial charge in [-0.3, -0.25) is 0 Å². The van der Waals surface area contributed by atoms with E-state index in [1.54, 1.807) is 111 Å². The molecule has 0 bridgehead atoms. The first-order valence-electron chi connectivity index (χ1n) is 21.6. The van der Waals surface area contributed by atoms with E-state index in [2.05, 4.69) is 0 Å². The standard InChI is InChI=1S/C46H66N4O8S4/c1-7-47(59(51,52)43-25-17-39(3)18-26-43)33-13-15-37-49(61(55,56)45-29-21-41(5)22-30-45)35-11-9-10-12-36-50(62(57,58)46-31-23-42(6)24-32-46)38-16-14-34-48(8-2)60(53,54)44-27-19-40(4)20-28-44/h17-32H,7-16,33-38H2,1-6H3. The summed E-state index contributed by atoms with van der Waals surface area (Å²) in [5, 5.41) is 0. The maximum Gasteiger partial charge on any atom is 0.243 e. The van der Waals surface area contributed by atoms with Crippen molar-refractivity contribution in [3.63, 3.8) is 0 Å². The molecule has 12 nitrogen and oxygen atoms in total. The molecule has 0 heterocycles. The molecular weight excluding hydrogens is 865 g/mol. The normalized spacial score (nSPS) is 12.9. The summed E-state index contributed by atoms with van der Waals surface area (Å²) >= 11 is 0. The van der Waals surface area contributed by atoms with Crippen molar-refractivity contribution in [1.29, 1.82) is 0 Å². The van der Waals surface area contributed by atoms with Crippen LogP contribution >= 0.6 is 0 Å². The molecule has 0 radical (unpaired) electrons. The molecule has 0 aromatic heterocycles. The molecule has 4 aromatic carbocycles. The lowest BCUT2D eigenvalue weighted by Crippen LogP contribution is -2.35. The van der Waals surface area contributed by atoms with Crippen molar-refractivity contribution >= 4 is 40.1 Å². The van der Waals surface area contributed by atoms with E-state index >= 15 is 0 Å². The fraction of sp³-hybridized carbons (Fsp3) is 0.478. The average Bonchev–Trinajstić information content (AvgIpc) is 3.23. The van der Waals surface area contributed by atoms with Crippen molar-refractivity contribution in [2.24, 2.45) is 0 Å². The lowest BCUT2D eigenvalue weighted by molar-refractivity contribution is 0.357. The molecule has 0 aliphatic carbocycles. The molecule has 0 fully saturated rings. The van der Waals surface area contributed by atoms with E-state index < -0.39 is 40.1 Å². The third kappa shape index (κ3) is 14.0. The Morgan fingerprint density at radius 2 is 0.468 bits per heavy atom. The van der Waals surface area contributed by atoms with E-state index in [1.807, 2.05) is 27.7 Å². The maximum absolute atomic E-state index is 13.9. The van der Waals surface area contributed by atoms with Crippen LogP contribution in [0, 0.1) is 27.7 Å². The van der Waals surface area contributed by atoms with E-state index in [0.717, 1.165) is 22.3 Å². The van der Waals surface area contributed by atoms with Crippen LogP contribution in [0.4, 0.5) is 0 Å². The molecule has 0 aliphatic rings. The fourth-order valence-corrected chi connectivity index (χ4v) is 13.1. The smallest absolute Gasteiger partial charge is 0.207 e. The van der Waals surface area contributed by atoms with Crippen LogP contribution in [-0.2, 0) is 40.1 Å². The first kappa shape index (κ1) is 51.2. The van der Waals surface area contributed by atoms with Gasteiger partial charge in [0, 0.05) is 52.4 Å². The van der Waals surface area contributed by atoms with E-state index in [-0.39, 0.29) is 58.9 Å². The lowest BCUT2D eigenvalue weighted by Gasteiger charge is -2.25. The van der Waals surface area contributed by atoms with Crippen molar-refractivity contribution in [3.05, 3.63) is 119 Å². The Balaban J connectivity index is 1.36. The van der Waals surface area contributed by atoms with Gasteiger partial charge in [0.25, 0.3) is 0 Å². The summed E-state index contributed by atoms with van der Waals surface area (Å²) in [5.74, 6) is 0. The summed E-state index contributed by atoms with van der Waals surface area (Å²) in [5.41, 5.74) is 3.81. The van der Waals surface area contributed by atoms with Crippen LogP contribution in [0.3, 0.4) is 0 Å². The van der Waals surface area contributed by atoms with Gasteiger partial charge in [0.15, 0.2) is 0 Å². The topological polar surface area (TPSA) is 150 Å². The van der Waals surface area contributed by atoms with Gasteiger partial charge in [0.05, 0.1) is 19.6 Å². The highest BCUT2D eigenvalue weighted by Gasteiger charge is 2.28. The molecule has 62 heavy (non-hydrogen) atoms. The summed E-state index contributed by atoms with van der Waals surface area (Å²) in [6.45, 7) is 13.3. The first-order valence-corrected chi connectivity index (χ1v) is 27.4. The van der Waals surface area contributed by atoms with Crippen molar-refractivity contribution in [3.8, 4) is 0 Å². The number of sulfonamides is 4. The number of hydrogen-bond acceptors (Lipinski definition) is 8. The van der Waals surface area contributed by atoms with E-state index in [9.17, 15) is 33.7 Å². The molecule has 0 amide bonds. The first-order chi connectivity index (χ1) is 29.3. The minimum atomic E-state index is -3.83. The minimum Gasteiger partial charge on any atom is -0.207 e. The van der Waals surface area contributed by atoms with Gasteiger partial charge >= 0.3 is 0 Å². The second-order valence-corrected chi connectivity index (χ2v) is 23.6. The fourth-order valence-electron chi connectivity index (χ4n) is 7.12. The number of nitrogens with zero attached hydrogens (tertiary/aromatic N) is 4. The quantitative estimate of drug-likeness (QED) is 0.0545. The van der Waals surface area contributed by atoms with Crippen molar-refractivity contribution in [2.45, 2.75) is 112 Å². The van der Waals surface area contributed by atoms with Crippen LogP contribution in [0.15, 0.2) is 117 Å². The van der Waals surface area contributed by atoms with E-state index in [1.165, 1.54) is 17.2 Å². The van der Waals surface area contributed by atoms with Gasteiger partial charge in [-0.25, -0.2) is 33.7 Å². The molecule has 0 saturated heterocycles. The van der Waals surface area contributed by atoms with Crippen LogP contribution < -0.4 is 0 Å². The van der Waals surface area contributed by atoms with Crippen LogP contribution in [0.2, 0.25) is 0 Å². The Labute approximate surface area is 373 Å². The van der Waals surface area contributed by atoms with Crippen LogP contribution in [-0.4, -0.2) is 103 Å². The highest BCUT2D eigenvalue weighted by atomic mass is 32.2. The lowest BCUT2D eigenvalue weighted by atomic mass is 10.2. The Bertz CT molecular complexity index is 2270. The van der Waals surface area contributed by atoms with E-state index in [0.29, 0.717) is 64.5 Å². The molecule has 0 N–H and O–H groups in total. The molecule has 0 saturated carbocycles. The monoisotopic (exact) mass is 930 g/mol. The number of unbranched alkanes of at least 4 members (excludes halogenated alkanes) is 5. The van der Waals surface area contributed by atoms with Gasteiger partial charge in [-0.15, -0.1) is 0 Å². The van der Waals surface area contributed by atoms with Gasteiger partial charge in [-0.2, -0.15) is 17.2 Å². The predicted octanol–water partition coefficient (Wildman–Crippen LogP) is 8.14. The summed E-state index contributed by atoms with van der Waals surface area (Å²) in [4.78, 5) is 0.865. The molecule has 0 atom stereocenters. The zero-order valence-corrected chi connectivity index (χ0v) is 40.5. The highest BCUT2D eigenvalue weighted by Crippen LogP contribution is 2.23. The molecule has 0 unspecified atom stereocenters. The minimum absolute atomic E-state index is 0.201. The van der Waals surface area contributed by atoms with Gasteiger partial charge in [-0.05, 0) is 115 Å². The molecule has 4 rings (SSSR count).